The van der Waals surface area contributed by atoms with Gasteiger partial charge in [0.25, 0.3) is 0 Å². The van der Waals surface area contributed by atoms with Crippen molar-refractivity contribution in [1.29, 1.82) is 0 Å². The maximum absolute atomic E-state index is 14.7. The van der Waals surface area contributed by atoms with Gasteiger partial charge in [-0.3, -0.25) is 24.1 Å². The van der Waals surface area contributed by atoms with E-state index in [1.54, 1.807) is 0 Å². The number of carboxylic acid groups (broad SMARTS) is 1. The summed E-state index contributed by atoms with van der Waals surface area (Å²) < 4.78 is 5.91. The predicted molar refractivity (Wildman–Crippen MR) is 184 cm³/mol. The molecule has 266 valence electrons. The molecule has 0 radical (unpaired) electrons. The highest BCUT2D eigenvalue weighted by Crippen LogP contribution is 2.75. The Kier molecular flexibility index (Phi) is 8.06. The lowest BCUT2D eigenvalue weighted by Crippen LogP contribution is -2.66. The highest BCUT2D eigenvalue weighted by Gasteiger charge is 2.70. The summed E-state index contributed by atoms with van der Waals surface area (Å²) in [6, 6.07) is 0. The Hall–Kier alpha value is -2.02. The van der Waals surface area contributed by atoms with Crippen molar-refractivity contribution >= 4 is 23.5 Å². The Morgan fingerprint density at radius 3 is 2.21 bits per heavy atom. The van der Waals surface area contributed by atoms with Gasteiger partial charge in [-0.2, -0.15) is 0 Å². The lowest BCUT2D eigenvalue weighted by Gasteiger charge is -2.70. The molecular weight excluding hydrogens is 602 g/mol. The summed E-state index contributed by atoms with van der Waals surface area (Å²) in [6.45, 7) is 18.9. The summed E-state index contributed by atoms with van der Waals surface area (Å²) in [5.41, 5.74) is -0.377. The molecule has 4 saturated carbocycles. The topological polar surface area (TPSA) is 101 Å². The van der Waals surface area contributed by atoms with Gasteiger partial charge in [-0.15, -0.1) is 0 Å². The van der Waals surface area contributed by atoms with Crippen LogP contribution in [0.1, 0.15) is 132 Å². The lowest BCUT2D eigenvalue weighted by atomic mass is 9.33. The van der Waals surface area contributed by atoms with E-state index in [0.29, 0.717) is 18.8 Å². The van der Waals surface area contributed by atoms with Crippen molar-refractivity contribution in [2.24, 2.45) is 62.1 Å². The monoisotopic (exact) mass is 663 g/mol. The van der Waals surface area contributed by atoms with Crippen LogP contribution in [0, 0.1) is 62.1 Å². The molecule has 3 saturated heterocycles. The minimum Gasteiger partial charge on any atom is -0.481 e. The van der Waals surface area contributed by atoms with Gasteiger partial charge in [0.15, 0.2) is 5.78 Å². The molecule has 10 atom stereocenters. The van der Waals surface area contributed by atoms with Gasteiger partial charge in [0, 0.05) is 24.8 Å². The SMILES string of the molecule is CC1(C)[C@@H](C(=O)CCC(=O)O[C@H]2CN3CCC2CC3)CC[C@]2(C)[C@H]3C(=O)C=C4[C@@H]5C[C@@](C)(C(=O)O)CC[C@]5(C)CC[C@@]4(C)[C@]3(C)CC[C@@H]12. The van der Waals surface area contributed by atoms with E-state index >= 15 is 0 Å². The molecule has 8 aliphatic rings. The number of rotatable bonds is 6. The van der Waals surface area contributed by atoms with E-state index < -0.39 is 11.4 Å². The van der Waals surface area contributed by atoms with E-state index in [9.17, 15) is 24.3 Å². The van der Waals surface area contributed by atoms with Crippen molar-refractivity contribution in [2.75, 3.05) is 19.6 Å². The van der Waals surface area contributed by atoms with Crippen molar-refractivity contribution < 1.29 is 29.0 Å². The molecule has 7 heteroatoms. The third-order valence-corrected chi connectivity index (χ3v) is 17.0. The van der Waals surface area contributed by atoms with Gasteiger partial charge in [0.05, 0.1) is 11.8 Å². The van der Waals surface area contributed by atoms with Gasteiger partial charge in [0.1, 0.15) is 11.9 Å². The number of ketones is 2. The van der Waals surface area contributed by atoms with Crippen LogP contribution in [-0.4, -0.2) is 59.2 Å². The number of esters is 1. The standard InChI is InChI=1S/C41H61NO6/c1-36(2)26(29(43)8-9-33(45)48-31-24-42-20-12-25(31)13-21-42)10-14-39(5)32(36)11-15-41(7)34(39)30(44)22-27-28-23-38(4,35(46)47)17-16-37(28,3)18-19-40(27,41)6/h22,25-26,28,31-32,34H,8-21,23-24H2,1-7H3,(H,46,47)/t26-,28+,31+,32+,34-,37-,38+,39+,40-,41-/m1/s1. The first-order valence-electron chi connectivity index (χ1n) is 19.3. The van der Waals surface area contributed by atoms with E-state index in [-0.39, 0.29) is 87.2 Å². The smallest absolute Gasteiger partial charge is 0.309 e. The molecule has 7 fully saturated rings. The van der Waals surface area contributed by atoms with E-state index in [1.807, 2.05) is 13.0 Å². The zero-order valence-corrected chi connectivity index (χ0v) is 30.8. The van der Waals surface area contributed by atoms with E-state index in [1.165, 1.54) is 5.57 Å². The van der Waals surface area contributed by atoms with Crippen LogP contribution >= 0.6 is 0 Å². The molecule has 1 N–H and O–H groups in total. The molecule has 3 heterocycles. The Bertz CT molecular complexity index is 1430. The van der Waals surface area contributed by atoms with Crippen LogP contribution in [0.15, 0.2) is 11.6 Å². The molecule has 0 unspecified atom stereocenters. The normalized spacial score (nSPS) is 49.0. The molecule has 0 amide bonds. The number of hydrogen-bond acceptors (Lipinski definition) is 6. The summed E-state index contributed by atoms with van der Waals surface area (Å²) in [5.74, 6) is 0.0175. The van der Waals surface area contributed by atoms with E-state index in [2.05, 4.69) is 46.4 Å². The minimum absolute atomic E-state index is 0.0272. The third kappa shape index (κ3) is 4.88. The zero-order valence-electron chi connectivity index (χ0n) is 30.8. The van der Waals surface area contributed by atoms with Crippen LogP contribution in [0.4, 0.5) is 0 Å². The fourth-order valence-corrected chi connectivity index (χ4v) is 13.6. The summed E-state index contributed by atoms with van der Waals surface area (Å²) >= 11 is 0. The van der Waals surface area contributed by atoms with Gasteiger partial charge >= 0.3 is 11.9 Å². The van der Waals surface area contributed by atoms with Gasteiger partial charge in [-0.1, -0.05) is 47.1 Å². The first-order valence-corrected chi connectivity index (χ1v) is 19.3. The molecule has 48 heavy (non-hydrogen) atoms. The Labute approximate surface area is 288 Å². The number of carbonyl (C=O) groups is 4. The molecule has 2 bridgehead atoms. The predicted octanol–water partition coefficient (Wildman–Crippen LogP) is 7.65. The fraction of sp³-hybridized carbons (Fsp3) is 0.854. The number of piperidine rings is 3. The van der Waals surface area contributed by atoms with Gasteiger partial charge in [0.2, 0.25) is 0 Å². The van der Waals surface area contributed by atoms with Crippen LogP contribution < -0.4 is 0 Å². The van der Waals surface area contributed by atoms with Crippen molar-refractivity contribution in [2.45, 2.75) is 138 Å². The van der Waals surface area contributed by atoms with Crippen LogP contribution in [-0.2, 0) is 23.9 Å². The molecule has 8 rings (SSSR count). The van der Waals surface area contributed by atoms with Gasteiger partial charge in [-0.25, -0.2) is 0 Å². The molecule has 5 aliphatic carbocycles. The third-order valence-electron chi connectivity index (χ3n) is 17.0. The summed E-state index contributed by atoms with van der Waals surface area (Å²) in [6.07, 6.45) is 12.4. The minimum atomic E-state index is -0.757. The number of fused-ring (bicyclic) bond motifs is 10. The van der Waals surface area contributed by atoms with Crippen molar-refractivity contribution in [3.63, 3.8) is 0 Å². The molecule has 3 aliphatic heterocycles. The van der Waals surface area contributed by atoms with Gasteiger partial charge < -0.3 is 9.84 Å². The maximum Gasteiger partial charge on any atom is 0.309 e. The summed E-state index contributed by atoms with van der Waals surface area (Å²) in [4.78, 5) is 56.3. The number of aliphatic carboxylic acids is 1. The average molecular weight is 664 g/mol. The second-order valence-electron chi connectivity index (χ2n) is 19.6. The van der Waals surface area contributed by atoms with Crippen molar-refractivity contribution in [3.05, 3.63) is 11.6 Å². The molecular formula is C41H61NO6. The van der Waals surface area contributed by atoms with Crippen LogP contribution in [0.2, 0.25) is 0 Å². The quantitative estimate of drug-likeness (QED) is 0.291. The number of ether oxygens (including phenoxy) is 1. The van der Waals surface area contributed by atoms with E-state index in [0.717, 1.165) is 77.4 Å². The maximum atomic E-state index is 14.7. The lowest BCUT2D eigenvalue weighted by molar-refractivity contribution is -0.194. The second kappa shape index (κ2) is 11.2. The molecule has 0 spiro atoms. The fourth-order valence-electron chi connectivity index (χ4n) is 13.6. The average Bonchev–Trinajstić information content (AvgIpc) is 3.02. The van der Waals surface area contributed by atoms with Crippen molar-refractivity contribution in [1.82, 2.24) is 4.90 Å². The Balaban J connectivity index is 1.10. The second-order valence-corrected chi connectivity index (χ2v) is 19.6. The number of carboxylic acids is 1. The van der Waals surface area contributed by atoms with Gasteiger partial charge in [-0.05, 0) is 142 Å². The number of nitrogens with zero attached hydrogens (tertiary/aromatic N) is 1. The highest BCUT2D eigenvalue weighted by molar-refractivity contribution is 5.96. The Morgan fingerprint density at radius 1 is 0.875 bits per heavy atom. The number of carbonyl (C=O) groups excluding carboxylic acids is 3. The Morgan fingerprint density at radius 2 is 1.56 bits per heavy atom. The number of Topliss-reactive ketones (excluding diaryl/α,β-unsaturated/α-hetero) is 1. The molecule has 0 aromatic rings. The summed E-state index contributed by atoms with van der Waals surface area (Å²) in [7, 11) is 0. The van der Waals surface area contributed by atoms with Crippen LogP contribution in [0.3, 0.4) is 0 Å². The van der Waals surface area contributed by atoms with E-state index in [4.69, 9.17) is 4.74 Å². The highest BCUT2D eigenvalue weighted by atomic mass is 16.5. The summed E-state index contributed by atoms with van der Waals surface area (Å²) in [5, 5.41) is 10.2. The molecule has 0 aromatic carbocycles. The number of allylic oxidation sites excluding steroid dienone is 2. The molecule has 7 nitrogen and oxygen atoms in total. The zero-order chi connectivity index (χ0) is 34.7. The number of hydrogen-bond donors (Lipinski definition) is 1. The van der Waals surface area contributed by atoms with Crippen LogP contribution in [0.5, 0.6) is 0 Å². The van der Waals surface area contributed by atoms with Crippen molar-refractivity contribution in [3.8, 4) is 0 Å². The first-order chi connectivity index (χ1) is 22.4. The largest absolute Gasteiger partial charge is 0.481 e. The first kappa shape index (κ1) is 34.4. The molecule has 0 aromatic heterocycles. The van der Waals surface area contributed by atoms with Crippen LogP contribution in [0.25, 0.3) is 0 Å².